The van der Waals surface area contributed by atoms with Gasteiger partial charge in [0.05, 0.1) is 30.2 Å². The number of aromatic nitrogens is 3. The summed E-state index contributed by atoms with van der Waals surface area (Å²) in [7, 11) is 0. The minimum atomic E-state index is -0.934. The van der Waals surface area contributed by atoms with E-state index in [1.165, 1.54) is 0 Å². The van der Waals surface area contributed by atoms with Crippen molar-refractivity contribution < 1.29 is 24.5 Å². The monoisotopic (exact) mass is 551 g/mol. The average molecular weight is 552 g/mol. The normalized spacial score (nSPS) is 15.5. The molecule has 41 heavy (non-hydrogen) atoms. The first-order chi connectivity index (χ1) is 19.9. The molecule has 2 aromatic heterocycles. The lowest BCUT2D eigenvalue weighted by atomic mass is 9.97. The predicted molar refractivity (Wildman–Crippen MR) is 155 cm³/mol. The molecule has 1 fully saturated rings. The van der Waals surface area contributed by atoms with Gasteiger partial charge in [-0.2, -0.15) is 5.10 Å². The molecule has 1 aliphatic heterocycles. The van der Waals surface area contributed by atoms with Gasteiger partial charge in [0.1, 0.15) is 18.2 Å². The van der Waals surface area contributed by atoms with E-state index in [1.54, 1.807) is 24.4 Å². The highest BCUT2D eigenvalue weighted by Gasteiger charge is 2.29. The van der Waals surface area contributed by atoms with Gasteiger partial charge in [0.15, 0.2) is 0 Å². The molecule has 0 amide bonds. The second-order valence-electron chi connectivity index (χ2n) is 10.3. The first kappa shape index (κ1) is 26.3. The molecule has 0 spiro atoms. The molecule has 0 saturated carbocycles. The molecular weight excluding hydrogens is 522 g/mol. The number of aliphatic carboxylic acids is 2. The molecule has 10 heteroatoms. The zero-order chi connectivity index (χ0) is 28.5. The average Bonchev–Trinajstić information content (AvgIpc) is 3.56. The lowest BCUT2D eigenvalue weighted by Gasteiger charge is -2.17. The van der Waals surface area contributed by atoms with Gasteiger partial charge in [0, 0.05) is 35.6 Å². The van der Waals surface area contributed by atoms with Crippen molar-refractivity contribution in [3.05, 3.63) is 84.2 Å². The van der Waals surface area contributed by atoms with Gasteiger partial charge in [0.25, 0.3) is 0 Å². The van der Waals surface area contributed by atoms with E-state index in [0.717, 1.165) is 44.9 Å². The summed E-state index contributed by atoms with van der Waals surface area (Å²) in [6.45, 7) is 1.37. The third-order valence-corrected chi connectivity index (χ3v) is 7.58. The molecule has 10 nitrogen and oxygen atoms in total. The van der Waals surface area contributed by atoms with Crippen LogP contribution >= 0.6 is 0 Å². The second kappa shape index (κ2) is 10.9. The number of nitrogens with two attached hydrogens (primary N) is 1. The zero-order valence-electron chi connectivity index (χ0n) is 22.2. The number of rotatable bonds is 9. The Hall–Kier alpha value is -4.96. The maximum atomic E-state index is 11.4. The van der Waals surface area contributed by atoms with E-state index < -0.39 is 11.9 Å². The number of nitrogens with zero attached hydrogens (tertiary/aromatic N) is 4. The van der Waals surface area contributed by atoms with Crippen molar-refractivity contribution in [2.24, 2.45) is 0 Å². The summed E-state index contributed by atoms with van der Waals surface area (Å²) in [4.78, 5) is 28.9. The minimum Gasteiger partial charge on any atom is -0.487 e. The van der Waals surface area contributed by atoms with Crippen LogP contribution in [0.4, 0.5) is 5.82 Å². The number of carbonyl (C=O) groups is 2. The Labute approximate surface area is 235 Å². The summed E-state index contributed by atoms with van der Waals surface area (Å²) in [6.07, 6.45) is 2.31. The highest BCUT2D eigenvalue weighted by atomic mass is 16.5. The summed E-state index contributed by atoms with van der Waals surface area (Å²) >= 11 is 0. The Morgan fingerprint density at radius 2 is 1.83 bits per heavy atom. The number of nitrogen functional groups attached to an aromatic ring is 1. The van der Waals surface area contributed by atoms with Crippen LogP contribution in [0.5, 0.6) is 5.75 Å². The lowest BCUT2D eigenvalue weighted by molar-refractivity contribution is -0.138. The maximum Gasteiger partial charge on any atom is 0.317 e. The van der Waals surface area contributed by atoms with E-state index in [2.05, 4.69) is 11.1 Å². The Bertz CT molecular complexity index is 1780. The van der Waals surface area contributed by atoms with Gasteiger partial charge in [-0.25, -0.2) is 4.98 Å². The molecule has 1 atom stereocenters. The van der Waals surface area contributed by atoms with Crippen molar-refractivity contribution in [2.75, 3.05) is 25.4 Å². The highest BCUT2D eigenvalue weighted by Crippen LogP contribution is 2.35. The summed E-state index contributed by atoms with van der Waals surface area (Å²) in [5, 5.41) is 26.4. The van der Waals surface area contributed by atoms with Gasteiger partial charge >= 0.3 is 11.9 Å². The standard InChI is InChI=1S/C31H29N5O5/c32-31-24-6-3-5-22(23(24)10-12-33-31)19-8-9-26-25(14-19)27(18-41-28-7-2-1-4-20(28)15-29(37)38)36(34-26)21-11-13-35(16-21)17-30(39)40/h1-10,12,14,21H,11,13,15-18H2,(H2,32,33)(H,37,38)(H,39,40)/t21-/m0/s1. The Kier molecular flexibility index (Phi) is 6.98. The molecular formula is C31H29N5O5. The first-order valence-corrected chi connectivity index (χ1v) is 13.4. The van der Waals surface area contributed by atoms with Crippen LogP contribution in [0, 0.1) is 0 Å². The van der Waals surface area contributed by atoms with E-state index in [0.29, 0.717) is 30.2 Å². The maximum absolute atomic E-state index is 11.4. The predicted octanol–water partition coefficient (Wildman–Crippen LogP) is 4.37. The molecule has 0 aliphatic carbocycles. The largest absolute Gasteiger partial charge is 0.487 e. The fourth-order valence-corrected chi connectivity index (χ4v) is 5.70. The number of ether oxygens (including phenoxy) is 1. The van der Waals surface area contributed by atoms with Crippen molar-refractivity contribution in [2.45, 2.75) is 25.5 Å². The lowest BCUT2D eigenvalue weighted by Crippen LogP contribution is -2.28. The number of para-hydroxylation sites is 1. The summed E-state index contributed by atoms with van der Waals surface area (Å²) in [5.74, 6) is -0.815. The van der Waals surface area contributed by atoms with E-state index in [1.807, 2.05) is 52.0 Å². The van der Waals surface area contributed by atoms with Crippen LogP contribution in [0.1, 0.15) is 23.7 Å². The van der Waals surface area contributed by atoms with E-state index in [9.17, 15) is 19.8 Å². The number of hydrogen-bond acceptors (Lipinski definition) is 7. The number of carboxylic acid groups (broad SMARTS) is 2. The molecule has 0 unspecified atom stereocenters. The van der Waals surface area contributed by atoms with Crippen molar-refractivity contribution in [3.63, 3.8) is 0 Å². The van der Waals surface area contributed by atoms with Gasteiger partial charge in [-0.1, -0.05) is 42.5 Å². The molecule has 5 aromatic rings. The Morgan fingerprint density at radius 1 is 0.976 bits per heavy atom. The molecule has 1 aliphatic rings. The van der Waals surface area contributed by atoms with Crippen LogP contribution < -0.4 is 10.5 Å². The number of hydrogen-bond donors (Lipinski definition) is 3. The molecule has 0 radical (unpaired) electrons. The van der Waals surface area contributed by atoms with Gasteiger partial charge in [0.2, 0.25) is 0 Å². The number of pyridine rings is 1. The van der Waals surface area contributed by atoms with Crippen LogP contribution in [0.15, 0.2) is 72.9 Å². The van der Waals surface area contributed by atoms with E-state index >= 15 is 0 Å². The van der Waals surface area contributed by atoms with Crippen molar-refractivity contribution in [1.29, 1.82) is 0 Å². The van der Waals surface area contributed by atoms with Gasteiger partial charge in [-0.15, -0.1) is 0 Å². The molecule has 4 N–H and O–H groups in total. The van der Waals surface area contributed by atoms with Crippen LogP contribution in [-0.4, -0.2) is 61.5 Å². The second-order valence-corrected chi connectivity index (χ2v) is 10.3. The number of carboxylic acids is 2. The Morgan fingerprint density at radius 3 is 2.66 bits per heavy atom. The van der Waals surface area contributed by atoms with Crippen LogP contribution in [-0.2, 0) is 22.6 Å². The summed E-state index contributed by atoms with van der Waals surface area (Å²) in [5.41, 5.74) is 10.4. The van der Waals surface area contributed by atoms with Crippen LogP contribution in [0.2, 0.25) is 0 Å². The van der Waals surface area contributed by atoms with Gasteiger partial charge < -0.3 is 20.7 Å². The van der Waals surface area contributed by atoms with Crippen molar-refractivity contribution in [3.8, 4) is 16.9 Å². The first-order valence-electron chi connectivity index (χ1n) is 13.4. The van der Waals surface area contributed by atoms with Crippen molar-refractivity contribution in [1.82, 2.24) is 19.7 Å². The molecule has 6 rings (SSSR count). The third-order valence-electron chi connectivity index (χ3n) is 7.58. The van der Waals surface area contributed by atoms with Gasteiger partial charge in [-0.05, 0) is 47.2 Å². The molecule has 1 saturated heterocycles. The topological polar surface area (TPSA) is 144 Å². The fraction of sp³-hybridized carbons (Fsp3) is 0.226. The SMILES string of the molecule is Nc1nccc2c(-c3ccc4nn([C@H]5CCN(CC(=O)O)C5)c(COc5ccccc5CC(=O)O)c4c3)cccc12. The number of anilines is 1. The Balaban J connectivity index is 1.43. The highest BCUT2D eigenvalue weighted by molar-refractivity contribution is 6.02. The molecule has 208 valence electrons. The third kappa shape index (κ3) is 5.29. The number of fused-ring (bicyclic) bond motifs is 2. The molecule has 0 bridgehead atoms. The minimum absolute atomic E-state index is 0.0189. The zero-order valence-corrected chi connectivity index (χ0v) is 22.2. The number of benzene rings is 3. The van der Waals surface area contributed by atoms with Crippen LogP contribution in [0.25, 0.3) is 32.8 Å². The van der Waals surface area contributed by atoms with E-state index in [-0.39, 0.29) is 25.6 Å². The quantitative estimate of drug-likeness (QED) is 0.243. The number of likely N-dealkylation sites (tertiary alicyclic amines) is 1. The summed E-state index contributed by atoms with van der Waals surface area (Å²) in [6, 6.07) is 21.1. The van der Waals surface area contributed by atoms with Crippen molar-refractivity contribution >= 4 is 39.4 Å². The smallest absolute Gasteiger partial charge is 0.317 e. The van der Waals surface area contributed by atoms with Gasteiger partial charge in [-0.3, -0.25) is 19.2 Å². The fourth-order valence-electron chi connectivity index (χ4n) is 5.70. The van der Waals surface area contributed by atoms with E-state index in [4.69, 9.17) is 15.6 Å². The summed E-state index contributed by atoms with van der Waals surface area (Å²) < 4.78 is 8.22. The van der Waals surface area contributed by atoms with Crippen LogP contribution in [0.3, 0.4) is 0 Å². The molecule has 3 heterocycles. The molecule has 3 aromatic carbocycles.